The van der Waals surface area contributed by atoms with Gasteiger partial charge in [0.25, 0.3) is 0 Å². The molecule has 2 heterocycles. The van der Waals surface area contributed by atoms with Gasteiger partial charge in [-0.2, -0.15) is 5.26 Å². The lowest BCUT2D eigenvalue weighted by Crippen LogP contribution is -2.23. The SMILES string of the molecule is CC1(C)c2ccc(-c3ccccc3-c3cc(-c4ccc(-c5ccccc5)c5ccccc45)nc(-c4ccccc4)n3)cc2Sc2ccc(C#N)cc21. The summed E-state index contributed by atoms with van der Waals surface area (Å²) in [6.07, 6.45) is 0. The van der Waals surface area contributed by atoms with E-state index in [1.165, 1.54) is 37.4 Å². The van der Waals surface area contributed by atoms with Gasteiger partial charge in [-0.1, -0.05) is 159 Å². The Morgan fingerprint density at radius 1 is 0.481 bits per heavy atom. The predicted molar refractivity (Wildman–Crippen MR) is 214 cm³/mol. The number of benzene rings is 7. The molecule has 0 saturated heterocycles. The monoisotopic (exact) mass is 683 g/mol. The van der Waals surface area contributed by atoms with Gasteiger partial charge in [-0.15, -0.1) is 0 Å². The molecule has 0 fully saturated rings. The van der Waals surface area contributed by atoms with E-state index in [0.29, 0.717) is 11.4 Å². The summed E-state index contributed by atoms with van der Waals surface area (Å²) in [6.45, 7) is 4.51. The van der Waals surface area contributed by atoms with Gasteiger partial charge in [-0.3, -0.25) is 0 Å². The van der Waals surface area contributed by atoms with Crippen molar-refractivity contribution in [1.29, 1.82) is 5.26 Å². The van der Waals surface area contributed by atoms with Crippen molar-refractivity contribution in [3.8, 4) is 62.2 Å². The van der Waals surface area contributed by atoms with Crippen molar-refractivity contribution >= 4 is 22.5 Å². The van der Waals surface area contributed by atoms with Crippen LogP contribution in [0.2, 0.25) is 0 Å². The molecule has 0 saturated carbocycles. The molecule has 7 aromatic carbocycles. The van der Waals surface area contributed by atoms with Crippen LogP contribution in [0.3, 0.4) is 0 Å². The van der Waals surface area contributed by atoms with Crippen LogP contribution in [0.25, 0.3) is 66.9 Å². The lowest BCUT2D eigenvalue weighted by molar-refractivity contribution is 0.607. The maximum atomic E-state index is 9.59. The molecule has 1 aromatic heterocycles. The molecule has 246 valence electrons. The Bertz CT molecular complexity index is 2690. The van der Waals surface area contributed by atoms with Crippen molar-refractivity contribution in [3.05, 3.63) is 180 Å². The molecule has 0 amide bonds. The predicted octanol–water partition coefficient (Wildman–Crippen LogP) is 12.6. The maximum Gasteiger partial charge on any atom is 0.160 e. The second-order valence-electron chi connectivity index (χ2n) is 13.7. The van der Waals surface area contributed by atoms with E-state index in [1.54, 1.807) is 11.8 Å². The molecule has 0 radical (unpaired) electrons. The van der Waals surface area contributed by atoms with Gasteiger partial charge in [0.2, 0.25) is 0 Å². The second-order valence-corrected chi connectivity index (χ2v) is 14.8. The number of aromatic nitrogens is 2. The van der Waals surface area contributed by atoms with E-state index in [9.17, 15) is 5.26 Å². The molecular weight excluding hydrogens is 651 g/mol. The number of hydrogen-bond acceptors (Lipinski definition) is 4. The highest BCUT2D eigenvalue weighted by atomic mass is 32.2. The van der Waals surface area contributed by atoms with Gasteiger partial charge >= 0.3 is 0 Å². The van der Waals surface area contributed by atoms with Gasteiger partial charge < -0.3 is 0 Å². The van der Waals surface area contributed by atoms with Gasteiger partial charge in [0.05, 0.1) is 23.0 Å². The smallest absolute Gasteiger partial charge is 0.160 e. The summed E-state index contributed by atoms with van der Waals surface area (Å²) in [5.74, 6) is 0.690. The highest BCUT2D eigenvalue weighted by molar-refractivity contribution is 7.99. The average molecular weight is 684 g/mol. The Balaban J connectivity index is 1.20. The summed E-state index contributed by atoms with van der Waals surface area (Å²) in [6, 6.07) is 59.7. The number of nitriles is 1. The molecule has 8 aromatic rings. The standard InChI is InChI=1S/C48H33N3S/c1-48(2)41-25-22-34(28-46(41)52-45-26-21-31(30-49)27-42(45)48)35-17-9-12-20-39(35)43-29-44(51-47(50-43)33-15-7-4-8-16-33)40-24-23-36(32-13-5-3-6-14-32)37-18-10-11-19-38(37)40/h3-29H,1-2H3. The molecule has 0 aliphatic carbocycles. The normalized spacial score (nSPS) is 12.9. The van der Waals surface area contributed by atoms with Crippen LogP contribution in [0, 0.1) is 11.3 Å². The third kappa shape index (κ3) is 5.48. The third-order valence-electron chi connectivity index (χ3n) is 10.2. The minimum absolute atomic E-state index is 0.230. The lowest BCUT2D eigenvalue weighted by atomic mass is 9.76. The Kier molecular flexibility index (Phi) is 7.80. The molecule has 0 unspecified atom stereocenters. The first-order valence-corrected chi connectivity index (χ1v) is 18.3. The van der Waals surface area contributed by atoms with Gasteiger partial charge in [0, 0.05) is 31.9 Å². The van der Waals surface area contributed by atoms with Crippen LogP contribution >= 0.6 is 11.8 Å². The quantitative estimate of drug-likeness (QED) is 0.181. The topological polar surface area (TPSA) is 49.6 Å². The van der Waals surface area contributed by atoms with Crippen molar-refractivity contribution in [2.45, 2.75) is 29.1 Å². The summed E-state index contributed by atoms with van der Waals surface area (Å²) in [7, 11) is 0. The van der Waals surface area contributed by atoms with Gasteiger partial charge in [0.1, 0.15) is 0 Å². The van der Waals surface area contributed by atoms with E-state index in [2.05, 4.69) is 153 Å². The fourth-order valence-electron chi connectivity index (χ4n) is 7.52. The van der Waals surface area contributed by atoms with E-state index < -0.39 is 0 Å². The minimum atomic E-state index is -0.230. The Morgan fingerprint density at radius 2 is 1.10 bits per heavy atom. The van der Waals surface area contributed by atoms with E-state index in [-0.39, 0.29) is 5.41 Å². The first-order chi connectivity index (χ1) is 25.5. The maximum absolute atomic E-state index is 9.59. The molecule has 0 bridgehead atoms. The molecule has 1 aliphatic heterocycles. The first kappa shape index (κ1) is 31.7. The summed E-state index contributed by atoms with van der Waals surface area (Å²) in [5, 5.41) is 11.9. The number of nitrogens with zero attached hydrogens (tertiary/aromatic N) is 3. The van der Waals surface area contributed by atoms with Crippen molar-refractivity contribution in [2.24, 2.45) is 0 Å². The molecule has 0 atom stereocenters. The number of rotatable bonds is 5. The highest BCUT2D eigenvalue weighted by Crippen LogP contribution is 2.50. The summed E-state index contributed by atoms with van der Waals surface area (Å²) in [4.78, 5) is 12.9. The Hall–Kier alpha value is -6.28. The molecule has 4 heteroatoms. The average Bonchev–Trinajstić information content (AvgIpc) is 3.20. The zero-order valence-corrected chi connectivity index (χ0v) is 29.7. The van der Waals surface area contributed by atoms with E-state index in [0.717, 1.165) is 44.6 Å². The number of fused-ring (bicyclic) bond motifs is 3. The summed E-state index contributed by atoms with van der Waals surface area (Å²) < 4.78 is 0. The van der Waals surface area contributed by atoms with Crippen LogP contribution < -0.4 is 0 Å². The minimum Gasteiger partial charge on any atom is -0.228 e. The fourth-order valence-corrected chi connectivity index (χ4v) is 8.94. The zero-order chi connectivity index (χ0) is 35.2. The summed E-state index contributed by atoms with van der Waals surface area (Å²) in [5.41, 5.74) is 12.4. The van der Waals surface area contributed by atoms with Crippen molar-refractivity contribution < 1.29 is 0 Å². The van der Waals surface area contributed by atoms with E-state index in [4.69, 9.17) is 9.97 Å². The van der Waals surface area contributed by atoms with Crippen molar-refractivity contribution in [1.82, 2.24) is 9.97 Å². The second kappa shape index (κ2) is 12.8. The van der Waals surface area contributed by atoms with Gasteiger partial charge in [0.15, 0.2) is 5.82 Å². The Morgan fingerprint density at radius 3 is 1.83 bits per heavy atom. The summed E-state index contributed by atoms with van der Waals surface area (Å²) >= 11 is 1.78. The lowest BCUT2D eigenvalue weighted by Gasteiger charge is -2.35. The molecule has 3 nitrogen and oxygen atoms in total. The van der Waals surface area contributed by atoms with Crippen LogP contribution in [0.1, 0.15) is 30.5 Å². The van der Waals surface area contributed by atoms with Crippen molar-refractivity contribution in [3.63, 3.8) is 0 Å². The molecule has 52 heavy (non-hydrogen) atoms. The Labute approximate surface area is 308 Å². The van der Waals surface area contributed by atoms with Crippen LogP contribution in [-0.2, 0) is 5.41 Å². The van der Waals surface area contributed by atoms with Gasteiger partial charge in [-0.25, -0.2) is 9.97 Å². The van der Waals surface area contributed by atoms with E-state index >= 15 is 0 Å². The molecule has 0 spiro atoms. The molecular formula is C48H33N3S. The molecule has 9 rings (SSSR count). The highest BCUT2D eigenvalue weighted by Gasteiger charge is 2.33. The van der Waals surface area contributed by atoms with Crippen LogP contribution in [0.15, 0.2) is 174 Å². The van der Waals surface area contributed by atoms with E-state index in [1.807, 2.05) is 30.3 Å². The number of hydrogen-bond donors (Lipinski definition) is 0. The van der Waals surface area contributed by atoms with Crippen molar-refractivity contribution in [2.75, 3.05) is 0 Å². The largest absolute Gasteiger partial charge is 0.228 e. The third-order valence-corrected chi connectivity index (χ3v) is 11.3. The molecule has 0 N–H and O–H groups in total. The van der Waals surface area contributed by atoms with Crippen LogP contribution in [0.4, 0.5) is 0 Å². The van der Waals surface area contributed by atoms with Crippen LogP contribution in [-0.4, -0.2) is 9.97 Å². The van der Waals surface area contributed by atoms with Crippen LogP contribution in [0.5, 0.6) is 0 Å². The molecule has 1 aliphatic rings. The fraction of sp³-hybridized carbons (Fsp3) is 0.0625. The van der Waals surface area contributed by atoms with Gasteiger partial charge in [-0.05, 0) is 74.5 Å². The first-order valence-electron chi connectivity index (χ1n) is 17.5. The zero-order valence-electron chi connectivity index (χ0n) is 28.8.